The summed E-state index contributed by atoms with van der Waals surface area (Å²) in [6.45, 7) is 7.22. The number of hydrogen-bond acceptors (Lipinski definition) is 4. The normalized spacial score (nSPS) is 36.5. The standard InChI is InChI=1S/C19H26O4/c1-11-7-12(2)19(9-20)10-23-18(17(11)13(19)3)14-5-6-15(21)16(8-14)22-4/h5-8,12-13,17-18,20-21H,9-10H2,1-4H3/t12-,13+,17-,18-,19-/m1/s1. The van der Waals surface area contributed by atoms with Crippen LogP contribution in [-0.4, -0.2) is 30.5 Å². The minimum atomic E-state index is -0.207. The molecule has 23 heavy (non-hydrogen) atoms. The van der Waals surface area contributed by atoms with Crippen LogP contribution in [0.1, 0.15) is 32.4 Å². The third-order valence-electron chi connectivity index (χ3n) is 6.08. The molecule has 2 bridgehead atoms. The number of aromatic hydroxyl groups is 1. The second kappa shape index (κ2) is 5.84. The number of rotatable bonds is 3. The molecule has 4 nitrogen and oxygen atoms in total. The molecule has 4 heteroatoms. The molecule has 3 rings (SSSR count). The molecule has 1 heterocycles. The van der Waals surface area contributed by atoms with Crippen molar-refractivity contribution in [1.29, 1.82) is 0 Å². The van der Waals surface area contributed by atoms with Crippen LogP contribution in [0.25, 0.3) is 0 Å². The van der Waals surface area contributed by atoms with E-state index in [0.29, 0.717) is 24.2 Å². The fraction of sp³-hybridized carbons (Fsp3) is 0.579. The molecular weight excluding hydrogens is 292 g/mol. The van der Waals surface area contributed by atoms with Crippen LogP contribution in [0.4, 0.5) is 0 Å². The molecule has 0 saturated carbocycles. The molecule has 1 saturated heterocycles. The molecule has 2 N–H and O–H groups in total. The van der Waals surface area contributed by atoms with Crippen molar-refractivity contribution in [2.75, 3.05) is 20.3 Å². The van der Waals surface area contributed by atoms with Gasteiger partial charge in [0.05, 0.1) is 26.4 Å². The van der Waals surface area contributed by atoms with Crippen LogP contribution in [-0.2, 0) is 4.74 Å². The lowest BCUT2D eigenvalue weighted by molar-refractivity contribution is -0.165. The van der Waals surface area contributed by atoms with E-state index in [0.717, 1.165) is 5.56 Å². The van der Waals surface area contributed by atoms with Crippen LogP contribution < -0.4 is 4.74 Å². The molecule has 0 spiro atoms. The number of methoxy groups -OCH3 is 1. The maximum atomic E-state index is 10.0. The Hall–Kier alpha value is -1.52. The molecule has 126 valence electrons. The average molecular weight is 318 g/mol. The first-order chi connectivity index (χ1) is 10.9. The molecular formula is C19H26O4. The van der Waals surface area contributed by atoms with Gasteiger partial charge in [0.25, 0.3) is 0 Å². The number of phenolic OH excluding ortho intramolecular Hbond substituents is 1. The maximum Gasteiger partial charge on any atom is 0.160 e. The van der Waals surface area contributed by atoms with Gasteiger partial charge in [0.15, 0.2) is 11.5 Å². The Morgan fingerprint density at radius 2 is 2.09 bits per heavy atom. The van der Waals surface area contributed by atoms with E-state index >= 15 is 0 Å². The third kappa shape index (κ3) is 2.36. The second-order valence-corrected chi connectivity index (χ2v) is 7.07. The Bertz CT molecular complexity index is 624. The molecule has 1 aliphatic heterocycles. The van der Waals surface area contributed by atoms with E-state index in [-0.39, 0.29) is 29.8 Å². The molecule has 0 radical (unpaired) electrons. The van der Waals surface area contributed by atoms with Gasteiger partial charge >= 0.3 is 0 Å². The molecule has 1 aromatic rings. The van der Waals surface area contributed by atoms with Crippen LogP contribution in [0.3, 0.4) is 0 Å². The molecule has 1 aliphatic carbocycles. The molecule has 0 aromatic heterocycles. The first-order valence-electron chi connectivity index (χ1n) is 8.22. The molecule has 1 fully saturated rings. The van der Waals surface area contributed by atoms with E-state index in [2.05, 4.69) is 26.8 Å². The molecule has 2 aliphatic rings. The zero-order valence-corrected chi connectivity index (χ0v) is 14.2. The quantitative estimate of drug-likeness (QED) is 0.840. The van der Waals surface area contributed by atoms with Crippen molar-refractivity contribution >= 4 is 0 Å². The summed E-state index contributed by atoms with van der Waals surface area (Å²) >= 11 is 0. The lowest BCUT2D eigenvalue weighted by Gasteiger charge is -2.55. The highest BCUT2D eigenvalue weighted by Crippen LogP contribution is 2.56. The fourth-order valence-corrected chi connectivity index (χ4v) is 4.46. The van der Waals surface area contributed by atoms with E-state index in [1.165, 1.54) is 5.57 Å². The van der Waals surface area contributed by atoms with Gasteiger partial charge in [-0.2, -0.15) is 0 Å². The number of aliphatic hydroxyl groups is 1. The molecule has 0 amide bonds. The van der Waals surface area contributed by atoms with Gasteiger partial charge in [-0.3, -0.25) is 0 Å². The van der Waals surface area contributed by atoms with Crippen molar-refractivity contribution in [3.63, 3.8) is 0 Å². The minimum absolute atomic E-state index is 0.0806. The van der Waals surface area contributed by atoms with Gasteiger partial charge in [0.2, 0.25) is 0 Å². The van der Waals surface area contributed by atoms with Gasteiger partial charge in [-0.25, -0.2) is 0 Å². The second-order valence-electron chi connectivity index (χ2n) is 7.07. The summed E-state index contributed by atoms with van der Waals surface area (Å²) in [4.78, 5) is 0. The van der Waals surface area contributed by atoms with Crippen molar-refractivity contribution < 1.29 is 19.7 Å². The van der Waals surface area contributed by atoms with Gasteiger partial charge in [0, 0.05) is 11.3 Å². The van der Waals surface area contributed by atoms with E-state index < -0.39 is 0 Å². The predicted octanol–water partition coefficient (Wildman–Crippen LogP) is 3.30. The summed E-state index contributed by atoms with van der Waals surface area (Å²) in [6, 6.07) is 5.40. The SMILES string of the molecule is COc1cc([C@H]2OC[C@]3(CO)[C@H](C)C=C(C)[C@@H]2[C@@H]3C)ccc1O. The average Bonchev–Trinajstić information content (AvgIpc) is 2.53. The topological polar surface area (TPSA) is 58.9 Å². The Kier molecular flexibility index (Phi) is 4.15. The molecule has 5 atom stereocenters. The van der Waals surface area contributed by atoms with E-state index in [4.69, 9.17) is 9.47 Å². The summed E-state index contributed by atoms with van der Waals surface area (Å²) in [5, 5.41) is 19.9. The highest BCUT2D eigenvalue weighted by Gasteiger charge is 2.53. The van der Waals surface area contributed by atoms with Gasteiger partial charge in [-0.05, 0) is 36.5 Å². The largest absolute Gasteiger partial charge is 0.504 e. The Morgan fingerprint density at radius 3 is 2.74 bits per heavy atom. The van der Waals surface area contributed by atoms with Crippen molar-refractivity contribution in [1.82, 2.24) is 0 Å². The van der Waals surface area contributed by atoms with E-state index in [1.807, 2.05) is 12.1 Å². The van der Waals surface area contributed by atoms with Gasteiger partial charge in [-0.15, -0.1) is 0 Å². The minimum Gasteiger partial charge on any atom is -0.504 e. The Morgan fingerprint density at radius 1 is 1.35 bits per heavy atom. The van der Waals surface area contributed by atoms with Crippen LogP contribution >= 0.6 is 0 Å². The Labute approximate surface area is 137 Å². The van der Waals surface area contributed by atoms with Crippen molar-refractivity contribution in [3.05, 3.63) is 35.4 Å². The summed E-state index contributed by atoms with van der Waals surface area (Å²) < 4.78 is 11.5. The monoisotopic (exact) mass is 318 g/mol. The van der Waals surface area contributed by atoms with Gasteiger partial charge < -0.3 is 19.7 Å². The first-order valence-corrected chi connectivity index (χ1v) is 8.22. The molecule has 0 unspecified atom stereocenters. The summed E-state index contributed by atoms with van der Waals surface area (Å²) in [5.74, 6) is 1.44. The number of phenols is 1. The van der Waals surface area contributed by atoms with Crippen molar-refractivity contribution in [3.8, 4) is 11.5 Å². The lowest BCUT2D eigenvalue weighted by Crippen LogP contribution is -2.53. The van der Waals surface area contributed by atoms with Gasteiger partial charge in [0.1, 0.15) is 0 Å². The zero-order valence-electron chi connectivity index (χ0n) is 14.2. The van der Waals surface area contributed by atoms with Crippen LogP contribution in [0.5, 0.6) is 11.5 Å². The lowest BCUT2D eigenvalue weighted by atomic mass is 9.56. The van der Waals surface area contributed by atoms with E-state index in [1.54, 1.807) is 13.2 Å². The first kappa shape index (κ1) is 16.3. The third-order valence-corrected chi connectivity index (χ3v) is 6.08. The number of aliphatic hydroxyl groups excluding tert-OH is 1. The molecule has 1 aromatic carbocycles. The van der Waals surface area contributed by atoms with Crippen molar-refractivity contribution in [2.24, 2.45) is 23.2 Å². The number of benzene rings is 1. The zero-order chi connectivity index (χ0) is 16.8. The highest BCUT2D eigenvalue weighted by molar-refractivity contribution is 5.43. The van der Waals surface area contributed by atoms with Gasteiger partial charge in [-0.1, -0.05) is 31.6 Å². The maximum absolute atomic E-state index is 10.0. The summed E-state index contributed by atoms with van der Waals surface area (Å²) in [5.41, 5.74) is 2.11. The predicted molar refractivity (Wildman–Crippen MR) is 88.4 cm³/mol. The van der Waals surface area contributed by atoms with E-state index in [9.17, 15) is 10.2 Å². The highest BCUT2D eigenvalue weighted by atomic mass is 16.5. The number of allylic oxidation sites excluding steroid dienone is 1. The Balaban J connectivity index is 2.02. The number of hydrogen-bond donors (Lipinski definition) is 2. The number of fused-ring (bicyclic) bond motifs is 2. The summed E-state index contributed by atoms with van der Waals surface area (Å²) in [7, 11) is 1.55. The number of ether oxygens (including phenoxy) is 2. The van der Waals surface area contributed by atoms with Crippen LogP contribution in [0.2, 0.25) is 0 Å². The van der Waals surface area contributed by atoms with Crippen LogP contribution in [0, 0.1) is 23.2 Å². The van der Waals surface area contributed by atoms with Crippen molar-refractivity contribution in [2.45, 2.75) is 26.9 Å². The fourth-order valence-electron chi connectivity index (χ4n) is 4.46. The van der Waals surface area contributed by atoms with Crippen LogP contribution in [0.15, 0.2) is 29.8 Å². The summed E-state index contributed by atoms with van der Waals surface area (Å²) in [6.07, 6.45) is 2.21. The smallest absolute Gasteiger partial charge is 0.160 e.